The maximum Gasteiger partial charge on any atom is 0.143 e. The summed E-state index contributed by atoms with van der Waals surface area (Å²) >= 11 is 0. The highest BCUT2D eigenvalue weighted by molar-refractivity contribution is 6.22. The molecule has 0 fully saturated rings. The maximum atomic E-state index is 6.48. The Morgan fingerprint density at radius 3 is 1.51 bits per heavy atom. The van der Waals surface area contributed by atoms with Crippen LogP contribution in [-0.4, -0.2) is 0 Å². The van der Waals surface area contributed by atoms with Crippen LogP contribution in [0.15, 0.2) is 221 Å². The number of benzene rings is 10. The molecule has 0 aliphatic carbocycles. The van der Waals surface area contributed by atoms with Crippen molar-refractivity contribution in [3.63, 3.8) is 0 Å². The van der Waals surface area contributed by atoms with E-state index in [1.54, 1.807) is 0 Å². The van der Waals surface area contributed by atoms with E-state index in [0.29, 0.717) is 0 Å². The van der Waals surface area contributed by atoms with Gasteiger partial charge in [-0.05, 0) is 86.9 Å². The van der Waals surface area contributed by atoms with Crippen LogP contribution in [0.25, 0.3) is 98.8 Å². The Morgan fingerprint density at radius 2 is 0.797 bits per heavy atom. The summed E-state index contributed by atoms with van der Waals surface area (Å²) in [5, 5.41) is 9.36. The quantitative estimate of drug-likeness (QED) is 0.158. The molecule has 2 aromatic heterocycles. The maximum absolute atomic E-state index is 6.48. The van der Waals surface area contributed by atoms with Gasteiger partial charge in [-0.25, -0.2) is 0 Å². The first-order valence-corrected chi connectivity index (χ1v) is 20.1. The lowest BCUT2D eigenvalue weighted by Gasteiger charge is -2.31. The van der Waals surface area contributed by atoms with Crippen LogP contribution in [0.3, 0.4) is 0 Å². The molecule has 0 aliphatic rings. The molecule has 12 rings (SSSR count). The zero-order valence-electron chi connectivity index (χ0n) is 32.0. The van der Waals surface area contributed by atoms with Crippen molar-refractivity contribution in [2.24, 2.45) is 0 Å². The molecule has 0 unspecified atom stereocenters. The third kappa shape index (κ3) is 5.36. The van der Waals surface area contributed by atoms with Gasteiger partial charge in [0.05, 0.1) is 5.69 Å². The number of rotatable bonds is 6. The van der Waals surface area contributed by atoms with Crippen LogP contribution in [0.5, 0.6) is 0 Å². The van der Waals surface area contributed by atoms with Crippen LogP contribution < -0.4 is 4.90 Å². The second kappa shape index (κ2) is 13.4. The number of nitrogens with zero attached hydrogens (tertiary/aromatic N) is 1. The molecule has 0 aliphatic heterocycles. The van der Waals surface area contributed by atoms with Crippen molar-refractivity contribution in [3.8, 4) is 33.4 Å². The Hall–Kier alpha value is -7.88. The highest BCUT2D eigenvalue weighted by Gasteiger charge is 2.24. The van der Waals surface area contributed by atoms with Gasteiger partial charge in [-0.3, -0.25) is 0 Å². The molecule has 10 aromatic carbocycles. The molecule has 0 radical (unpaired) electrons. The third-order valence-electron chi connectivity index (χ3n) is 11.9. The second-order valence-electron chi connectivity index (χ2n) is 15.2. The van der Waals surface area contributed by atoms with Gasteiger partial charge in [0.2, 0.25) is 0 Å². The zero-order chi connectivity index (χ0) is 38.9. The van der Waals surface area contributed by atoms with Gasteiger partial charge in [-0.1, -0.05) is 164 Å². The van der Waals surface area contributed by atoms with Crippen molar-refractivity contribution < 1.29 is 8.83 Å². The molecule has 0 saturated carbocycles. The highest BCUT2D eigenvalue weighted by Crippen LogP contribution is 2.50. The summed E-state index contributed by atoms with van der Waals surface area (Å²) in [6.45, 7) is 0. The summed E-state index contributed by atoms with van der Waals surface area (Å²) in [5.41, 5.74) is 13.6. The van der Waals surface area contributed by atoms with Gasteiger partial charge in [0, 0.05) is 49.4 Å². The number of fused-ring (bicyclic) bond motifs is 9. The topological polar surface area (TPSA) is 29.5 Å². The van der Waals surface area contributed by atoms with Gasteiger partial charge in [0.15, 0.2) is 0 Å². The summed E-state index contributed by atoms with van der Waals surface area (Å²) in [4.78, 5) is 2.44. The lowest BCUT2D eigenvalue weighted by Crippen LogP contribution is -2.12. The fourth-order valence-corrected chi connectivity index (χ4v) is 9.13. The number of anilines is 3. The predicted molar refractivity (Wildman–Crippen MR) is 247 cm³/mol. The Balaban J connectivity index is 1.07. The van der Waals surface area contributed by atoms with E-state index >= 15 is 0 Å². The molecule has 0 bridgehead atoms. The van der Waals surface area contributed by atoms with Crippen molar-refractivity contribution in [2.75, 3.05) is 4.90 Å². The van der Waals surface area contributed by atoms with Gasteiger partial charge in [0.25, 0.3) is 0 Å². The van der Waals surface area contributed by atoms with Crippen LogP contribution in [-0.2, 0) is 0 Å². The smallest absolute Gasteiger partial charge is 0.143 e. The summed E-state index contributed by atoms with van der Waals surface area (Å²) in [6, 6.07) is 75.8. The average Bonchev–Trinajstić information content (AvgIpc) is 3.88. The van der Waals surface area contributed by atoms with Gasteiger partial charge < -0.3 is 13.7 Å². The van der Waals surface area contributed by atoms with E-state index in [1.165, 1.54) is 32.7 Å². The molecular formula is C56H35NO2. The predicted octanol–water partition coefficient (Wildman–Crippen LogP) is 16.3. The monoisotopic (exact) mass is 753 g/mol. The molecule has 12 aromatic rings. The standard InChI is InChI=1S/C56H35NO2/c1-2-13-38(14-3-1)54-48-19-6-4-15-43(48)44-16-5-7-20-49(44)55(54)57(40-30-25-36(26-31-40)39-29-34-47-45-17-8-10-23-51(45)58-53(47)35-39)41-32-27-37(28-33-41)42-21-12-22-50-46-18-9-11-24-52(46)59-56(42)50/h1-35H. The van der Waals surface area contributed by atoms with E-state index in [9.17, 15) is 0 Å². The van der Waals surface area contributed by atoms with Gasteiger partial charge >= 0.3 is 0 Å². The third-order valence-corrected chi connectivity index (χ3v) is 11.9. The first-order valence-electron chi connectivity index (χ1n) is 20.1. The van der Waals surface area contributed by atoms with E-state index in [0.717, 1.165) is 83.2 Å². The van der Waals surface area contributed by atoms with E-state index < -0.39 is 0 Å². The van der Waals surface area contributed by atoms with Crippen LogP contribution in [0.2, 0.25) is 0 Å². The van der Waals surface area contributed by atoms with Crippen LogP contribution in [0.4, 0.5) is 17.1 Å². The minimum absolute atomic E-state index is 0.892. The lowest BCUT2D eigenvalue weighted by molar-refractivity contribution is 0.669. The van der Waals surface area contributed by atoms with Crippen molar-refractivity contribution in [1.82, 2.24) is 0 Å². The zero-order valence-corrected chi connectivity index (χ0v) is 32.0. The molecule has 0 amide bonds. The fraction of sp³-hybridized carbons (Fsp3) is 0. The Kier molecular flexibility index (Phi) is 7.54. The molecule has 3 nitrogen and oxygen atoms in total. The number of hydrogen-bond donors (Lipinski definition) is 0. The van der Waals surface area contributed by atoms with E-state index in [1.807, 2.05) is 24.3 Å². The molecule has 3 heteroatoms. The van der Waals surface area contributed by atoms with E-state index in [-0.39, 0.29) is 0 Å². The number of hydrogen-bond acceptors (Lipinski definition) is 3. The summed E-state index contributed by atoms with van der Waals surface area (Å²) in [7, 11) is 0. The Morgan fingerprint density at radius 1 is 0.288 bits per heavy atom. The molecule has 0 N–H and O–H groups in total. The average molecular weight is 754 g/mol. The molecule has 59 heavy (non-hydrogen) atoms. The lowest BCUT2D eigenvalue weighted by atomic mass is 9.90. The Bertz CT molecular complexity index is 3540. The minimum atomic E-state index is 0.892. The summed E-state index contributed by atoms with van der Waals surface area (Å²) in [6.07, 6.45) is 0. The largest absolute Gasteiger partial charge is 0.456 e. The van der Waals surface area contributed by atoms with Crippen molar-refractivity contribution in [1.29, 1.82) is 0 Å². The highest BCUT2D eigenvalue weighted by atomic mass is 16.3. The van der Waals surface area contributed by atoms with Crippen LogP contribution in [0.1, 0.15) is 0 Å². The fourth-order valence-electron chi connectivity index (χ4n) is 9.13. The Labute approximate surface area is 340 Å². The molecule has 0 atom stereocenters. The van der Waals surface area contributed by atoms with Gasteiger partial charge in [-0.15, -0.1) is 0 Å². The first kappa shape index (κ1) is 33.3. The molecule has 0 saturated heterocycles. The molecule has 0 spiro atoms. The molecule has 2 heterocycles. The van der Waals surface area contributed by atoms with Crippen LogP contribution in [0, 0.1) is 0 Å². The first-order chi connectivity index (χ1) is 29.3. The van der Waals surface area contributed by atoms with Crippen LogP contribution >= 0.6 is 0 Å². The number of furan rings is 2. The van der Waals surface area contributed by atoms with Crippen molar-refractivity contribution in [3.05, 3.63) is 212 Å². The normalized spacial score (nSPS) is 11.7. The van der Waals surface area contributed by atoms with E-state index in [2.05, 4.69) is 193 Å². The molecule has 276 valence electrons. The SMILES string of the molecule is c1ccc(-c2c(N(c3ccc(-c4ccc5c(c4)oc4ccccc45)cc3)c3ccc(-c4cccc5c4oc4ccccc45)cc3)c3ccccc3c3ccccc23)cc1. The van der Waals surface area contributed by atoms with Crippen molar-refractivity contribution in [2.45, 2.75) is 0 Å². The van der Waals surface area contributed by atoms with Gasteiger partial charge in [-0.2, -0.15) is 0 Å². The second-order valence-corrected chi connectivity index (χ2v) is 15.2. The van der Waals surface area contributed by atoms with E-state index in [4.69, 9.17) is 8.83 Å². The summed E-state index contributed by atoms with van der Waals surface area (Å²) < 4.78 is 12.8. The van der Waals surface area contributed by atoms with Gasteiger partial charge in [0.1, 0.15) is 22.3 Å². The summed E-state index contributed by atoms with van der Waals surface area (Å²) in [5.74, 6) is 0. The van der Waals surface area contributed by atoms with Crippen molar-refractivity contribution >= 4 is 82.5 Å². The minimum Gasteiger partial charge on any atom is -0.456 e. The number of para-hydroxylation sites is 3. The molecular weight excluding hydrogens is 719 g/mol.